The van der Waals surface area contributed by atoms with Crippen LogP contribution >= 0.6 is 0 Å². The third kappa shape index (κ3) is 7.15. The summed E-state index contributed by atoms with van der Waals surface area (Å²) in [5, 5.41) is 2.35. The van der Waals surface area contributed by atoms with Gasteiger partial charge in [-0.3, -0.25) is 4.98 Å². The lowest BCUT2D eigenvalue weighted by Gasteiger charge is -2.36. The van der Waals surface area contributed by atoms with Gasteiger partial charge in [-0.25, -0.2) is 4.98 Å². The molecule has 0 saturated heterocycles. The van der Waals surface area contributed by atoms with E-state index in [4.69, 9.17) is 19.6 Å². The standard InChI is InChI=1S/C32H43N3O3Si/c1-22-8-13-27-28-20-25(21-34-30(28)31(33)35-29(27)18-22)23(2)19-24-9-11-26(12-10-24)37-16-14-36-15-17-38-39(6,7)32(3,4)5/h8-13,18,20-21,23H,14-17,19H2,1-7H3,(H2,33,35). The minimum Gasteiger partial charge on any atom is -0.491 e. The zero-order valence-electron chi connectivity index (χ0n) is 24.5. The van der Waals surface area contributed by atoms with Crippen LogP contribution in [0, 0.1) is 6.92 Å². The molecule has 0 spiro atoms. The fourth-order valence-electron chi connectivity index (χ4n) is 4.39. The van der Waals surface area contributed by atoms with Crippen molar-refractivity contribution in [2.75, 3.05) is 32.2 Å². The number of fused-ring (bicyclic) bond motifs is 3. The van der Waals surface area contributed by atoms with Gasteiger partial charge in [0.15, 0.2) is 14.1 Å². The van der Waals surface area contributed by atoms with Gasteiger partial charge in [-0.2, -0.15) is 0 Å². The van der Waals surface area contributed by atoms with Crippen LogP contribution in [0.15, 0.2) is 54.7 Å². The zero-order valence-corrected chi connectivity index (χ0v) is 25.5. The molecule has 208 valence electrons. The highest BCUT2D eigenvalue weighted by Crippen LogP contribution is 2.36. The van der Waals surface area contributed by atoms with Crippen molar-refractivity contribution in [3.8, 4) is 5.75 Å². The van der Waals surface area contributed by atoms with E-state index < -0.39 is 8.32 Å². The Labute approximate surface area is 234 Å². The predicted molar refractivity (Wildman–Crippen MR) is 164 cm³/mol. The molecule has 0 aliphatic rings. The van der Waals surface area contributed by atoms with E-state index in [1.807, 2.05) is 18.3 Å². The predicted octanol–water partition coefficient (Wildman–Crippen LogP) is 7.44. The molecular weight excluding hydrogens is 502 g/mol. The average Bonchev–Trinajstić information content (AvgIpc) is 2.88. The normalized spacial score (nSPS) is 13.2. The monoisotopic (exact) mass is 545 g/mol. The van der Waals surface area contributed by atoms with Gasteiger partial charge in [-0.1, -0.05) is 52.0 Å². The SMILES string of the molecule is Cc1ccc2c(c1)nc(N)c1ncc(C(C)Cc3ccc(OCCOCCO[Si](C)(C)C(C)(C)C)cc3)cc12. The van der Waals surface area contributed by atoms with E-state index in [1.54, 1.807) is 0 Å². The summed E-state index contributed by atoms with van der Waals surface area (Å²) in [5.74, 6) is 1.62. The quantitative estimate of drug-likeness (QED) is 0.120. The van der Waals surface area contributed by atoms with Gasteiger partial charge in [0.25, 0.3) is 0 Å². The Morgan fingerprint density at radius 2 is 1.64 bits per heavy atom. The molecule has 2 heterocycles. The Hall–Kier alpha value is -3.00. The number of ether oxygens (including phenoxy) is 2. The third-order valence-corrected chi connectivity index (χ3v) is 12.4. The lowest BCUT2D eigenvalue weighted by atomic mass is 9.93. The summed E-state index contributed by atoms with van der Waals surface area (Å²) in [4.78, 5) is 9.25. The summed E-state index contributed by atoms with van der Waals surface area (Å²) in [6.07, 6.45) is 2.84. The van der Waals surface area contributed by atoms with E-state index >= 15 is 0 Å². The van der Waals surface area contributed by atoms with Gasteiger partial charge in [0.2, 0.25) is 0 Å². The average molecular weight is 546 g/mol. The van der Waals surface area contributed by atoms with Crippen molar-refractivity contribution in [1.82, 2.24) is 9.97 Å². The first-order chi connectivity index (χ1) is 18.4. The highest BCUT2D eigenvalue weighted by atomic mass is 28.4. The van der Waals surface area contributed by atoms with Crippen molar-refractivity contribution in [2.45, 2.75) is 65.1 Å². The van der Waals surface area contributed by atoms with Gasteiger partial charge in [0, 0.05) is 17.0 Å². The molecule has 1 unspecified atom stereocenters. The molecule has 2 N–H and O–H groups in total. The molecule has 0 aliphatic heterocycles. The van der Waals surface area contributed by atoms with Crippen LogP contribution < -0.4 is 10.5 Å². The Balaban J connectivity index is 1.28. The van der Waals surface area contributed by atoms with Crippen LogP contribution in [0.5, 0.6) is 5.75 Å². The molecule has 7 heteroatoms. The molecule has 4 rings (SSSR count). The molecular formula is C32H43N3O3Si. The van der Waals surface area contributed by atoms with Crippen LogP contribution in [0.4, 0.5) is 5.82 Å². The molecule has 2 aromatic carbocycles. The van der Waals surface area contributed by atoms with Gasteiger partial charge in [0.05, 0.1) is 25.3 Å². The van der Waals surface area contributed by atoms with E-state index in [1.165, 1.54) is 11.1 Å². The van der Waals surface area contributed by atoms with E-state index in [0.717, 1.165) is 39.5 Å². The van der Waals surface area contributed by atoms with Gasteiger partial charge >= 0.3 is 0 Å². The molecule has 4 aromatic rings. The molecule has 1 atom stereocenters. The summed E-state index contributed by atoms with van der Waals surface area (Å²) in [6.45, 7) is 17.8. The minimum absolute atomic E-state index is 0.215. The lowest BCUT2D eigenvalue weighted by molar-refractivity contribution is 0.0730. The van der Waals surface area contributed by atoms with Crippen molar-refractivity contribution in [1.29, 1.82) is 0 Å². The van der Waals surface area contributed by atoms with E-state index in [9.17, 15) is 0 Å². The summed E-state index contributed by atoms with van der Waals surface area (Å²) in [6, 6.07) is 16.8. The maximum atomic E-state index is 6.23. The van der Waals surface area contributed by atoms with Crippen LogP contribution in [0.2, 0.25) is 18.1 Å². The maximum absolute atomic E-state index is 6.23. The fraction of sp³-hybridized carbons (Fsp3) is 0.438. The third-order valence-electron chi connectivity index (χ3n) is 7.86. The summed E-state index contributed by atoms with van der Waals surface area (Å²) in [7, 11) is -1.72. The number of nitrogen functional groups attached to an aromatic ring is 1. The largest absolute Gasteiger partial charge is 0.491 e. The van der Waals surface area contributed by atoms with Gasteiger partial charge in [0.1, 0.15) is 17.9 Å². The minimum atomic E-state index is -1.72. The molecule has 6 nitrogen and oxygen atoms in total. The van der Waals surface area contributed by atoms with Crippen LogP contribution in [-0.2, 0) is 15.6 Å². The number of nitrogens with two attached hydrogens (primary N) is 1. The number of hydrogen-bond donors (Lipinski definition) is 1. The van der Waals surface area contributed by atoms with Crippen LogP contribution in [0.1, 0.15) is 50.3 Å². The molecule has 0 bridgehead atoms. The maximum Gasteiger partial charge on any atom is 0.192 e. The van der Waals surface area contributed by atoms with E-state index in [2.05, 4.69) is 94.1 Å². The summed E-state index contributed by atoms with van der Waals surface area (Å²) >= 11 is 0. The van der Waals surface area contributed by atoms with Crippen molar-refractivity contribution >= 4 is 35.9 Å². The summed E-state index contributed by atoms with van der Waals surface area (Å²) < 4.78 is 17.7. The second kappa shape index (κ2) is 12.0. The second-order valence-corrected chi connectivity index (χ2v) is 16.8. The number of pyridine rings is 2. The van der Waals surface area contributed by atoms with Crippen molar-refractivity contribution in [2.24, 2.45) is 0 Å². The zero-order chi connectivity index (χ0) is 28.2. The van der Waals surface area contributed by atoms with Crippen molar-refractivity contribution in [3.05, 3.63) is 71.4 Å². The Morgan fingerprint density at radius 1 is 0.923 bits per heavy atom. The Kier molecular flexibility index (Phi) is 8.94. The number of rotatable bonds is 11. The smallest absolute Gasteiger partial charge is 0.192 e. The molecule has 39 heavy (non-hydrogen) atoms. The molecule has 0 fully saturated rings. The fourth-order valence-corrected chi connectivity index (χ4v) is 5.42. The molecule has 0 amide bonds. The highest BCUT2D eigenvalue weighted by Gasteiger charge is 2.36. The molecule has 0 aliphatic carbocycles. The summed E-state index contributed by atoms with van der Waals surface area (Å²) in [5.41, 5.74) is 11.5. The molecule has 0 radical (unpaired) electrons. The van der Waals surface area contributed by atoms with Crippen molar-refractivity contribution < 1.29 is 13.9 Å². The molecule has 2 aromatic heterocycles. The van der Waals surface area contributed by atoms with Crippen LogP contribution in [0.25, 0.3) is 21.8 Å². The van der Waals surface area contributed by atoms with E-state index in [0.29, 0.717) is 38.2 Å². The first-order valence-electron chi connectivity index (χ1n) is 13.8. The number of benzene rings is 2. The van der Waals surface area contributed by atoms with Crippen LogP contribution in [-0.4, -0.2) is 44.7 Å². The second-order valence-electron chi connectivity index (χ2n) is 12.0. The van der Waals surface area contributed by atoms with E-state index in [-0.39, 0.29) is 5.04 Å². The first kappa shape index (κ1) is 29.0. The Bertz CT molecular complexity index is 1410. The van der Waals surface area contributed by atoms with Crippen LogP contribution in [0.3, 0.4) is 0 Å². The number of aryl methyl sites for hydroxylation is 1. The van der Waals surface area contributed by atoms with Gasteiger partial charge < -0.3 is 19.6 Å². The molecule has 0 saturated carbocycles. The number of anilines is 1. The van der Waals surface area contributed by atoms with Crippen molar-refractivity contribution in [3.63, 3.8) is 0 Å². The number of hydrogen-bond acceptors (Lipinski definition) is 6. The highest BCUT2D eigenvalue weighted by molar-refractivity contribution is 6.74. The Morgan fingerprint density at radius 3 is 2.36 bits per heavy atom. The van der Waals surface area contributed by atoms with Gasteiger partial charge in [-0.15, -0.1) is 0 Å². The number of nitrogens with zero attached hydrogens (tertiary/aromatic N) is 2. The lowest BCUT2D eigenvalue weighted by Crippen LogP contribution is -2.41. The number of aromatic nitrogens is 2. The first-order valence-corrected chi connectivity index (χ1v) is 16.7. The topological polar surface area (TPSA) is 79.5 Å². The van der Waals surface area contributed by atoms with Gasteiger partial charge in [-0.05, 0) is 78.4 Å².